The van der Waals surface area contributed by atoms with Crippen molar-refractivity contribution in [2.24, 2.45) is 5.11 Å². The van der Waals surface area contributed by atoms with Crippen LogP contribution in [-0.4, -0.2) is 19.1 Å². The lowest BCUT2D eigenvalue weighted by Gasteiger charge is -2.20. The van der Waals surface area contributed by atoms with Crippen molar-refractivity contribution in [2.45, 2.75) is 12.0 Å². The van der Waals surface area contributed by atoms with Crippen LogP contribution in [0, 0.1) is 0 Å². The number of benzene rings is 2. The molecule has 2 atom stereocenters. The molecule has 2 aromatic carbocycles. The lowest BCUT2D eigenvalue weighted by atomic mass is 9.88. The van der Waals surface area contributed by atoms with Gasteiger partial charge in [0.05, 0.1) is 7.11 Å². The number of methoxy groups -OCH3 is 1. The highest BCUT2D eigenvalue weighted by Gasteiger charge is 2.28. The maximum Gasteiger partial charge on any atom is 0.315 e. The molecule has 0 aliphatic carbocycles. The molecule has 0 aliphatic rings. The highest BCUT2D eigenvalue weighted by Crippen LogP contribution is 2.30. The third kappa shape index (κ3) is 2.88. The molecule has 0 aliphatic heterocycles. The van der Waals surface area contributed by atoms with E-state index in [1.165, 1.54) is 7.11 Å². The summed E-state index contributed by atoms with van der Waals surface area (Å²) in [5.74, 6) is -1.02. The van der Waals surface area contributed by atoms with Crippen LogP contribution in [0.3, 0.4) is 0 Å². The number of nitrogens with zero attached hydrogens (tertiary/aromatic N) is 3. The summed E-state index contributed by atoms with van der Waals surface area (Å²) in [5.41, 5.74) is 9.58. The molecule has 2 unspecified atom stereocenters. The van der Waals surface area contributed by atoms with Crippen molar-refractivity contribution in [3.05, 3.63) is 71.1 Å². The Hall–Kier alpha value is -2.78. The van der Waals surface area contributed by atoms with Gasteiger partial charge in [-0.05, 0) is 21.9 Å². The van der Waals surface area contributed by atoms with E-state index in [1.54, 1.807) is 6.08 Å². The predicted molar refractivity (Wildman–Crippen MR) is 81.8 cm³/mol. The lowest BCUT2D eigenvalue weighted by Crippen LogP contribution is -2.26. The molecular formula is C16H15N3O2. The SMILES string of the molecule is C=CC(c1cccc2ccccc12)C(N=[N+]=[N-])C(=O)OC. The Morgan fingerprint density at radius 3 is 2.71 bits per heavy atom. The van der Waals surface area contributed by atoms with E-state index in [-0.39, 0.29) is 0 Å². The van der Waals surface area contributed by atoms with Gasteiger partial charge in [0.15, 0.2) is 0 Å². The standard InChI is InChI=1S/C16H15N3O2/c1-3-12(15(18-19-17)16(20)21-2)14-10-6-8-11-7-4-5-9-13(11)14/h3-10,12,15H,1H2,2H3. The fourth-order valence-corrected chi connectivity index (χ4v) is 2.41. The van der Waals surface area contributed by atoms with Crippen molar-refractivity contribution < 1.29 is 9.53 Å². The molecule has 2 rings (SSSR count). The van der Waals surface area contributed by atoms with E-state index in [2.05, 4.69) is 16.6 Å². The summed E-state index contributed by atoms with van der Waals surface area (Å²) in [6, 6.07) is 12.6. The van der Waals surface area contributed by atoms with E-state index in [4.69, 9.17) is 10.3 Å². The van der Waals surface area contributed by atoms with Gasteiger partial charge in [-0.2, -0.15) is 0 Å². The van der Waals surface area contributed by atoms with Crippen LogP contribution in [0.1, 0.15) is 11.5 Å². The van der Waals surface area contributed by atoms with E-state index in [0.717, 1.165) is 16.3 Å². The van der Waals surface area contributed by atoms with Crippen molar-refractivity contribution in [1.82, 2.24) is 0 Å². The van der Waals surface area contributed by atoms with E-state index >= 15 is 0 Å². The summed E-state index contributed by atoms with van der Waals surface area (Å²) in [6.45, 7) is 3.77. The fourth-order valence-electron chi connectivity index (χ4n) is 2.41. The Balaban J connectivity index is 2.60. The Labute approximate surface area is 122 Å². The molecule has 0 N–H and O–H groups in total. The smallest absolute Gasteiger partial charge is 0.315 e. The zero-order valence-electron chi connectivity index (χ0n) is 11.6. The number of carbonyl (C=O) groups excluding carboxylic acids is 1. The van der Waals surface area contributed by atoms with E-state index in [1.807, 2.05) is 42.5 Å². The van der Waals surface area contributed by atoms with Gasteiger partial charge < -0.3 is 4.74 Å². The minimum Gasteiger partial charge on any atom is -0.469 e. The molecule has 0 saturated heterocycles. The van der Waals surface area contributed by atoms with Gasteiger partial charge in [0.2, 0.25) is 0 Å². The van der Waals surface area contributed by atoms with Gasteiger partial charge in [-0.1, -0.05) is 53.7 Å². The first-order chi connectivity index (χ1) is 10.2. The van der Waals surface area contributed by atoms with Crippen LogP contribution in [0.5, 0.6) is 0 Å². The molecule has 0 saturated carbocycles. The van der Waals surface area contributed by atoms with Gasteiger partial charge in [0, 0.05) is 10.8 Å². The number of fused-ring (bicyclic) bond motifs is 1. The molecule has 0 bridgehead atoms. The second-order valence-electron chi connectivity index (χ2n) is 4.50. The Morgan fingerprint density at radius 1 is 1.33 bits per heavy atom. The topological polar surface area (TPSA) is 75.1 Å². The van der Waals surface area contributed by atoms with E-state index in [9.17, 15) is 4.79 Å². The monoisotopic (exact) mass is 281 g/mol. The van der Waals surface area contributed by atoms with Gasteiger partial charge in [-0.25, -0.2) is 0 Å². The summed E-state index contributed by atoms with van der Waals surface area (Å²) in [4.78, 5) is 14.6. The Morgan fingerprint density at radius 2 is 2.05 bits per heavy atom. The predicted octanol–water partition coefficient (Wildman–Crippen LogP) is 3.96. The van der Waals surface area contributed by atoms with Crippen molar-refractivity contribution in [1.29, 1.82) is 0 Å². The number of ether oxygens (including phenoxy) is 1. The van der Waals surface area contributed by atoms with Crippen molar-refractivity contribution in [3.8, 4) is 0 Å². The molecule has 0 radical (unpaired) electrons. The second-order valence-corrected chi connectivity index (χ2v) is 4.50. The van der Waals surface area contributed by atoms with Crippen LogP contribution in [0.15, 0.2) is 60.2 Å². The molecule has 0 fully saturated rings. The molecule has 21 heavy (non-hydrogen) atoms. The van der Waals surface area contributed by atoms with Crippen LogP contribution < -0.4 is 0 Å². The second kappa shape index (κ2) is 6.59. The summed E-state index contributed by atoms with van der Waals surface area (Å²) >= 11 is 0. The van der Waals surface area contributed by atoms with Crippen molar-refractivity contribution in [3.63, 3.8) is 0 Å². The molecule has 2 aromatic rings. The maximum absolute atomic E-state index is 11.9. The third-order valence-corrected chi connectivity index (χ3v) is 3.40. The summed E-state index contributed by atoms with van der Waals surface area (Å²) in [5, 5.41) is 5.62. The van der Waals surface area contributed by atoms with Crippen molar-refractivity contribution in [2.75, 3.05) is 7.11 Å². The van der Waals surface area contributed by atoms with Crippen LogP contribution in [0.25, 0.3) is 21.2 Å². The van der Waals surface area contributed by atoms with Crippen molar-refractivity contribution >= 4 is 16.7 Å². The van der Waals surface area contributed by atoms with Gasteiger partial charge in [-0.3, -0.25) is 4.79 Å². The minimum absolute atomic E-state index is 0.445. The van der Waals surface area contributed by atoms with Crippen LogP contribution in [0.2, 0.25) is 0 Å². The van der Waals surface area contributed by atoms with Gasteiger partial charge in [0.1, 0.15) is 6.04 Å². The first-order valence-electron chi connectivity index (χ1n) is 6.45. The number of azide groups is 1. The highest BCUT2D eigenvalue weighted by molar-refractivity contribution is 5.88. The van der Waals surface area contributed by atoms with Crippen LogP contribution >= 0.6 is 0 Å². The Kier molecular flexibility index (Phi) is 4.59. The zero-order chi connectivity index (χ0) is 15.2. The number of hydrogen-bond acceptors (Lipinski definition) is 3. The maximum atomic E-state index is 11.9. The summed E-state index contributed by atoms with van der Waals surface area (Å²) in [7, 11) is 1.27. The molecule has 0 aromatic heterocycles. The molecule has 0 spiro atoms. The number of esters is 1. The number of rotatable bonds is 5. The van der Waals surface area contributed by atoms with Gasteiger partial charge in [0.25, 0.3) is 0 Å². The first-order valence-corrected chi connectivity index (χ1v) is 6.45. The molecule has 0 heterocycles. The van der Waals surface area contributed by atoms with E-state index in [0.29, 0.717) is 0 Å². The average molecular weight is 281 g/mol. The lowest BCUT2D eigenvalue weighted by molar-refractivity contribution is -0.142. The van der Waals surface area contributed by atoms with Crippen LogP contribution in [0.4, 0.5) is 0 Å². The first kappa shape index (κ1) is 14.6. The zero-order valence-corrected chi connectivity index (χ0v) is 11.6. The van der Waals surface area contributed by atoms with Gasteiger partial charge >= 0.3 is 5.97 Å². The largest absolute Gasteiger partial charge is 0.469 e. The molecular weight excluding hydrogens is 266 g/mol. The summed E-state index contributed by atoms with van der Waals surface area (Å²) < 4.78 is 4.73. The Bertz CT molecular complexity index is 715. The minimum atomic E-state index is -0.969. The number of hydrogen-bond donors (Lipinski definition) is 0. The fraction of sp³-hybridized carbons (Fsp3) is 0.188. The summed E-state index contributed by atoms with van der Waals surface area (Å²) in [6.07, 6.45) is 1.61. The molecule has 106 valence electrons. The quantitative estimate of drug-likeness (QED) is 0.273. The third-order valence-electron chi connectivity index (χ3n) is 3.40. The molecule has 5 heteroatoms. The van der Waals surface area contributed by atoms with E-state index < -0.39 is 17.9 Å². The number of carbonyl (C=O) groups is 1. The normalized spacial score (nSPS) is 13.0. The van der Waals surface area contributed by atoms with Gasteiger partial charge in [-0.15, -0.1) is 6.58 Å². The average Bonchev–Trinajstić information content (AvgIpc) is 2.54. The highest BCUT2D eigenvalue weighted by atomic mass is 16.5. The molecule has 0 amide bonds. The molecule has 5 nitrogen and oxygen atoms in total. The van der Waals surface area contributed by atoms with Crippen LogP contribution in [-0.2, 0) is 9.53 Å².